The molecule has 0 N–H and O–H groups in total. The highest BCUT2D eigenvalue weighted by atomic mass is 16.1. The number of hydrogen-bond donors (Lipinski definition) is 0. The Kier molecular flexibility index (Phi) is 3.07. The smallest absolute Gasteiger partial charge is 0.126 e. The van der Waals surface area contributed by atoms with Crippen molar-refractivity contribution in [3.63, 3.8) is 0 Å². The first-order valence-corrected chi connectivity index (χ1v) is 4.92. The van der Waals surface area contributed by atoms with Crippen molar-refractivity contribution in [2.24, 2.45) is 11.3 Å². The van der Waals surface area contributed by atoms with Crippen molar-refractivity contribution in [2.45, 2.75) is 39.5 Å². The minimum Gasteiger partial charge on any atom is -0.303 e. The Morgan fingerprint density at radius 3 is 2.75 bits per heavy atom. The molecular weight excluding hydrogens is 148 g/mol. The third-order valence-electron chi connectivity index (χ3n) is 3.22. The van der Waals surface area contributed by atoms with Gasteiger partial charge < -0.3 is 4.79 Å². The van der Waals surface area contributed by atoms with E-state index in [1.54, 1.807) is 0 Å². The van der Waals surface area contributed by atoms with E-state index in [1.165, 1.54) is 6.29 Å². The molecule has 1 heteroatoms. The summed E-state index contributed by atoms with van der Waals surface area (Å²) in [5.74, 6) is 0.480. The average molecular weight is 166 g/mol. The molecule has 0 aromatic carbocycles. The van der Waals surface area contributed by atoms with Crippen LogP contribution in [-0.4, -0.2) is 6.29 Å². The third kappa shape index (κ3) is 1.45. The summed E-state index contributed by atoms with van der Waals surface area (Å²) in [6.07, 6.45) is 9.81. The molecule has 0 radical (unpaired) electrons. The molecule has 0 saturated heterocycles. The van der Waals surface area contributed by atoms with Gasteiger partial charge in [-0.15, -0.1) is 0 Å². The Balaban J connectivity index is 2.84. The summed E-state index contributed by atoms with van der Waals surface area (Å²) in [6, 6.07) is 0. The van der Waals surface area contributed by atoms with Crippen molar-refractivity contribution in [1.82, 2.24) is 0 Å². The molecule has 2 unspecified atom stereocenters. The van der Waals surface area contributed by atoms with Crippen LogP contribution in [0.5, 0.6) is 0 Å². The van der Waals surface area contributed by atoms with Gasteiger partial charge in [0.1, 0.15) is 6.29 Å². The maximum absolute atomic E-state index is 11.0. The van der Waals surface area contributed by atoms with E-state index in [9.17, 15) is 4.79 Å². The fraction of sp³-hybridized carbons (Fsp3) is 0.727. The predicted molar refractivity (Wildman–Crippen MR) is 50.9 cm³/mol. The molecule has 68 valence electrons. The number of allylic oxidation sites excluding steroid dienone is 2. The molecule has 0 amide bonds. The molecule has 1 aliphatic rings. The molecule has 0 bridgehead atoms. The van der Waals surface area contributed by atoms with E-state index >= 15 is 0 Å². The lowest BCUT2D eigenvalue weighted by Gasteiger charge is -2.35. The minimum atomic E-state index is -0.0382. The van der Waals surface area contributed by atoms with Gasteiger partial charge in [0, 0.05) is 5.41 Å². The molecule has 0 aromatic rings. The standard InChI is InChI=1S/C11H18O/c1-3-10-7-5-6-8-11(10,4-2)9-12/h5,7,9-10H,3-4,6,8H2,1-2H3. The summed E-state index contributed by atoms with van der Waals surface area (Å²) < 4.78 is 0. The van der Waals surface area contributed by atoms with Crippen LogP contribution in [0, 0.1) is 11.3 Å². The average Bonchev–Trinajstić information content (AvgIpc) is 2.17. The SMILES string of the molecule is CCC1C=CCCC1(C=O)CC. The van der Waals surface area contributed by atoms with Crippen LogP contribution >= 0.6 is 0 Å². The quantitative estimate of drug-likeness (QED) is 0.465. The molecule has 0 saturated carbocycles. The van der Waals surface area contributed by atoms with E-state index in [0.29, 0.717) is 5.92 Å². The van der Waals surface area contributed by atoms with Gasteiger partial charge in [0.2, 0.25) is 0 Å². The van der Waals surface area contributed by atoms with Crippen LogP contribution in [0.15, 0.2) is 12.2 Å². The molecule has 0 heterocycles. The second-order valence-corrected chi connectivity index (χ2v) is 3.69. The zero-order valence-corrected chi connectivity index (χ0v) is 8.05. The second kappa shape index (κ2) is 3.88. The summed E-state index contributed by atoms with van der Waals surface area (Å²) >= 11 is 0. The van der Waals surface area contributed by atoms with Gasteiger partial charge in [-0.1, -0.05) is 26.0 Å². The number of hydrogen-bond acceptors (Lipinski definition) is 1. The monoisotopic (exact) mass is 166 g/mol. The van der Waals surface area contributed by atoms with E-state index in [1.807, 2.05) is 0 Å². The zero-order chi connectivity index (χ0) is 9.03. The molecule has 1 rings (SSSR count). The summed E-state index contributed by atoms with van der Waals surface area (Å²) in [6.45, 7) is 4.28. The van der Waals surface area contributed by atoms with Gasteiger partial charge in [-0.2, -0.15) is 0 Å². The Morgan fingerprint density at radius 1 is 1.58 bits per heavy atom. The van der Waals surface area contributed by atoms with E-state index in [4.69, 9.17) is 0 Å². The van der Waals surface area contributed by atoms with E-state index in [2.05, 4.69) is 26.0 Å². The Morgan fingerprint density at radius 2 is 2.33 bits per heavy atom. The first-order chi connectivity index (χ1) is 5.79. The highest BCUT2D eigenvalue weighted by Crippen LogP contribution is 2.40. The number of carbonyl (C=O) groups is 1. The molecule has 2 atom stereocenters. The highest BCUT2D eigenvalue weighted by molar-refractivity contribution is 5.61. The largest absolute Gasteiger partial charge is 0.303 e. The van der Waals surface area contributed by atoms with Gasteiger partial charge >= 0.3 is 0 Å². The third-order valence-corrected chi connectivity index (χ3v) is 3.22. The summed E-state index contributed by atoms with van der Waals surface area (Å²) in [5.41, 5.74) is -0.0382. The number of aldehydes is 1. The predicted octanol–water partition coefficient (Wildman–Crippen LogP) is 2.96. The van der Waals surface area contributed by atoms with Crippen molar-refractivity contribution >= 4 is 6.29 Å². The van der Waals surface area contributed by atoms with Gasteiger partial charge in [-0.05, 0) is 31.6 Å². The Hall–Kier alpha value is -0.590. The molecule has 0 spiro atoms. The van der Waals surface area contributed by atoms with E-state index < -0.39 is 0 Å². The molecule has 12 heavy (non-hydrogen) atoms. The number of rotatable bonds is 3. The van der Waals surface area contributed by atoms with Gasteiger partial charge in [0.25, 0.3) is 0 Å². The van der Waals surface area contributed by atoms with Crippen molar-refractivity contribution in [2.75, 3.05) is 0 Å². The Bertz CT molecular complexity index is 183. The van der Waals surface area contributed by atoms with Gasteiger partial charge in [0.15, 0.2) is 0 Å². The van der Waals surface area contributed by atoms with Gasteiger partial charge in [-0.25, -0.2) is 0 Å². The van der Waals surface area contributed by atoms with Crippen molar-refractivity contribution in [3.05, 3.63) is 12.2 Å². The number of carbonyl (C=O) groups excluding carboxylic acids is 1. The van der Waals surface area contributed by atoms with Crippen LogP contribution in [0.2, 0.25) is 0 Å². The summed E-state index contributed by atoms with van der Waals surface area (Å²) in [4.78, 5) is 11.0. The van der Waals surface area contributed by atoms with Crippen LogP contribution in [0.3, 0.4) is 0 Å². The first-order valence-electron chi connectivity index (χ1n) is 4.92. The van der Waals surface area contributed by atoms with Crippen LogP contribution in [0.4, 0.5) is 0 Å². The zero-order valence-electron chi connectivity index (χ0n) is 8.05. The molecular formula is C11H18O. The lowest BCUT2D eigenvalue weighted by molar-refractivity contribution is -0.119. The molecule has 1 nitrogen and oxygen atoms in total. The maximum atomic E-state index is 11.0. The van der Waals surface area contributed by atoms with Crippen LogP contribution in [0.1, 0.15) is 39.5 Å². The fourth-order valence-corrected chi connectivity index (χ4v) is 2.20. The van der Waals surface area contributed by atoms with Crippen molar-refractivity contribution in [3.8, 4) is 0 Å². The van der Waals surface area contributed by atoms with Crippen LogP contribution < -0.4 is 0 Å². The summed E-state index contributed by atoms with van der Waals surface area (Å²) in [7, 11) is 0. The second-order valence-electron chi connectivity index (χ2n) is 3.69. The molecule has 1 aliphatic carbocycles. The van der Waals surface area contributed by atoms with Crippen molar-refractivity contribution in [1.29, 1.82) is 0 Å². The topological polar surface area (TPSA) is 17.1 Å². The van der Waals surface area contributed by atoms with Gasteiger partial charge in [-0.3, -0.25) is 0 Å². The molecule has 0 fully saturated rings. The van der Waals surface area contributed by atoms with Gasteiger partial charge in [0.05, 0.1) is 0 Å². The van der Waals surface area contributed by atoms with Crippen molar-refractivity contribution < 1.29 is 4.79 Å². The van der Waals surface area contributed by atoms with Crippen LogP contribution in [0.25, 0.3) is 0 Å². The fourth-order valence-electron chi connectivity index (χ4n) is 2.20. The molecule has 0 aromatic heterocycles. The summed E-state index contributed by atoms with van der Waals surface area (Å²) in [5, 5.41) is 0. The first kappa shape index (κ1) is 9.50. The normalized spacial score (nSPS) is 35.0. The minimum absolute atomic E-state index is 0.0382. The lowest BCUT2D eigenvalue weighted by Crippen LogP contribution is -2.32. The van der Waals surface area contributed by atoms with E-state index in [0.717, 1.165) is 25.7 Å². The lowest BCUT2D eigenvalue weighted by atomic mass is 9.67. The Labute approximate surface area is 74.9 Å². The van der Waals surface area contributed by atoms with E-state index in [-0.39, 0.29) is 5.41 Å². The van der Waals surface area contributed by atoms with Crippen LogP contribution in [-0.2, 0) is 4.79 Å². The molecule has 0 aliphatic heterocycles. The maximum Gasteiger partial charge on any atom is 0.126 e. The highest BCUT2D eigenvalue weighted by Gasteiger charge is 2.35.